The number of phenolic OH excluding ortho intramolecular Hbond substituents is 1. The lowest BCUT2D eigenvalue weighted by molar-refractivity contribution is 0.0833. The number of nitrogens with one attached hydrogen (secondary N) is 1. The summed E-state index contributed by atoms with van der Waals surface area (Å²) in [5.41, 5.74) is 7.79. The molecule has 3 aromatic rings. The molecule has 1 unspecified atom stereocenters. The van der Waals surface area contributed by atoms with Crippen LogP contribution in [0, 0.1) is 5.92 Å². The number of fused-ring (bicyclic) bond motifs is 1. The molecule has 2 radical (unpaired) electrons. The molecule has 0 bridgehead atoms. The molecule has 2 saturated heterocycles. The van der Waals surface area contributed by atoms with Gasteiger partial charge in [0.1, 0.15) is 19.4 Å². The van der Waals surface area contributed by atoms with Crippen molar-refractivity contribution >= 4 is 30.8 Å². The fourth-order valence-corrected chi connectivity index (χ4v) is 5.23. The van der Waals surface area contributed by atoms with Crippen LogP contribution in [0.2, 0.25) is 0 Å². The molecule has 5 rings (SSSR count). The number of primary amides is 1. The van der Waals surface area contributed by atoms with Crippen LogP contribution in [0.4, 0.5) is 10.6 Å². The molecule has 2 amide bonds. The minimum Gasteiger partial charge on any atom is -0.507 e. The molecule has 0 saturated carbocycles. The molecule has 9 nitrogen and oxygen atoms in total. The van der Waals surface area contributed by atoms with Gasteiger partial charge in [0.25, 0.3) is 0 Å². The highest BCUT2D eigenvalue weighted by Crippen LogP contribution is 2.30. The van der Waals surface area contributed by atoms with Gasteiger partial charge in [-0.3, -0.25) is 4.90 Å². The van der Waals surface area contributed by atoms with Crippen molar-refractivity contribution in [3.8, 4) is 17.0 Å². The molecule has 0 aliphatic carbocycles. The number of nitrogens with zero attached hydrogens (tertiary/aromatic N) is 5. The second-order valence-corrected chi connectivity index (χ2v) is 9.32. The number of likely N-dealkylation sites (tertiary alicyclic amines) is 2. The first-order chi connectivity index (χ1) is 16.5. The average molecular weight is 459 g/mol. The summed E-state index contributed by atoms with van der Waals surface area (Å²) in [5.74, 6) is 1.47. The van der Waals surface area contributed by atoms with Crippen molar-refractivity contribution in [3.63, 3.8) is 0 Å². The first-order valence-corrected chi connectivity index (χ1v) is 11.9. The smallest absolute Gasteiger partial charge is 0.314 e. The van der Waals surface area contributed by atoms with E-state index >= 15 is 0 Å². The topological polar surface area (TPSA) is 112 Å². The molecule has 1 atom stereocenters. The van der Waals surface area contributed by atoms with E-state index in [9.17, 15) is 9.90 Å². The molecule has 1 aromatic carbocycles. The maximum absolute atomic E-state index is 11.4. The first-order valence-electron chi connectivity index (χ1n) is 11.9. The zero-order chi connectivity index (χ0) is 23.7. The number of hydrogen-bond acceptors (Lipinski definition) is 6. The number of phenols is 1. The largest absolute Gasteiger partial charge is 0.507 e. The van der Waals surface area contributed by atoms with Gasteiger partial charge < -0.3 is 21.1 Å². The standard InChI is InChI=1S/C24H30BN7O2/c25-19-14-28-32-22(12-20(29-23(19)32)18-5-1-2-6-21(18)33)27-13-16-4-3-9-31(15-16)17-7-10-30(11-8-17)24(26)34/h1-2,5-6,12,14,16-17,27,33H,3-4,7-11,13,15H2,(H2,26,34). The third-order valence-corrected chi connectivity index (χ3v) is 7.09. The van der Waals surface area contributed by atoms with Crippen molar-refractivity contribution in [1.82, 2.24) is 24.4 Å². The van der Waals surface area contributed by atoms with Gasteiger partial charge in [-0.25, -0.2) is 9.78 Å². The zero-order valence-electron chi connectivity index (χ0n) is 19.2. The summed E-state index contributed by atoms with van der Waals surface area (Å²) < 4.78 is 1.72. The van der Waals surface area contributed by atoms with E-state index < -0.39 is 0 Å². The number of para-hydroxylation sites is 1. The predicted molar refractivity (Wildman–Crippen MR) is 132 cm³/mol. The van der Waals surface area contributed by atoms with E-state index in [0.29, 0.717) is 34.3 Å². The molecule has 2 fully saturated rings. The normalized spacial score (nSPS) is 20.0. The summed E-state index contributed by atoms with van der Waals surface area (Å²) in [7, 11) is 6.12. The average Bonchev–Trinajstić information content (AvgIpc) is 3.24. The van der Waals surface area contributed by atoms with Gasteiger partial charge in [-0.2, -0.15) is 9.61 Å². The Kier molecular flexibility index (Phi) is 6.32. The predicted octanol–water partition coefficient (Wildman–Crippen LogP) is 1.56. The maximum atomic E-state index is 11.4. The minimum atomic E-state index is -0.315. The Morgan fingerprint density at radius 2 is 2.00 bits per heavy atom. The molecule has 34 heavy (non-hydrogen) atoms. The molecule has 4 N–H and O–H groups in total. The number of aromatic hydroxyl groups is 1. The van der Waals surface area contributed by atoms with Crippen LogP contribution in [-0.2, 0) is 0 Å². The second-order valence-electron chi connectivity index (χ2n) is 9.32. The van der Waals surface area contributed by atoms with Crippen LogP contribution in [0.25, 0.3) is 16.9 Å². The highest BCUT2D eigenvalue weighted by Gasteiger charge is 2.29. The Hall–Kier alpha value is -3.27. The van der Waals surface area contributed by atoms with E-state index in [1.165, 1.54) is 0 Å². The Morgan fingerprint density at radius 1 is 1.21 bits per heavy atom. The number of hydrogen-bond donors (Lipinski definition) is 3. The number of urea groups is 1. The number of carbonyl (C=O) groups is 1. The molecular formula is C24H30BN7O2. The van der Waals surface area contributed by atoms with Crippen molar-refractivity contribution < 1.29 is 9.90 Å². The van der Waals surface area contributed by atoms with Gasteiger partial charge in [0.05, 0.1) is 5.69 Å². The molecule has 176 valence electrons. The van der Waals surface area contributed by atoms with Crippen LogP contribution in [0.15, 0.2) is 36.5 Å². The van der Waals surface area contributed by atoms with Gasteiger partial charge in [-0.15, -0.1) is 0 Å². The summed E-state index contributed by atoms with van der Waals surface area (Å²) in [6, 6.07) is 9.25. The molecule has 4 heterocycles. The fourth-order valence-electron chi connectivity index (χ4n) is 5.23. The number of anilines is 1. The highest BCUT2D eigenvalue weighted by atomic mass is 16.3. The number of aromatic nitrogens is 3. The van der Waals surface area contributed by atoms with E-state index in [-0.39, 0.29) is 11.8 Å². The molecule has 10 heteroatoms. The molecule has 2 aliphatic heterocycles. The summed E-state index contributed by atoms with van der Waals surface area (Å²) >= 11 is 0. The minimum absolute atomic E-state index is 0.175. The van der Waals surface area contributed by atoms with E-state index in [1.807, 2.05) is 18.2 Å². The quantitative estimate of drug-likeness (QED) is 0.500. The SMILES string of the molecule is [B]c1cnn2c(NCC3CCCN(C4CCN(C(N)=O)CC4)C3)cc(-c3ccccc3O)nc12. The van der Waals surface area contributed by atoms with Crippen LogP contribution in [0.3, 0.4) is 0 Å². The summed E-state index contributed by atoms with van der Waals surface area (Å²) in [6.45, 7) is 4.41. The highest BCUT2D eigenvalue weighted by molar-refractivity contribution is 6.36. The van der Waals surface area contributed by atoms with Gasteiger partial charge >= 0.3 is 6.03 Å². The number of piperidine rings is 2. The molecule has 0 spiro atoms. The molecule has 2 aliphatic rings. The Bertz CT molecular complexity index is 1180. The number of carbonyl (C=O) groups excluding carboxylic acids is 1. The van der Waals surface area contributed by atoms with Crippen molar-refractivity contribution in [2.24, 2.45) is 11.7 Å². The van der Waals surface area contributed by atoms with E-state index in [0.717, 1.165) is 64.2 Å². The Labute approximate surface area is 200 Å². The van der Waals surface area contributed by atoms with Gasteiger partial charge in [0, 0.05) is 50.0 Å². The molecule has 2 aromatic heterocycles. The van der Waals surface area contributed by atoms with Gasteiger partial charge in [0.15, 0.2) is 5.65 Å². The first kappa shape index (κ1) is 22.5. The third-order valence-electron chi connectivity index (χ3n) is 7.09. The van der Waals surface area contributed by atoms with Crippen LogP contribution in [0.5, 0.6) is 5.75 Å². The summed E-state index contributed by atoms with van der Waals surface area (Å²) in [4.78, 5) is 20.4. The van der Waals surface area contributed by atoms with Crippen molar-refractivity contribution in [3.05, 3.63) is 36.5 Å². The summed E-state index contributed by atoms with van der Waals surface area (Å²) in [6.07, 6.45) is 5.87. The Morgan fingerprint density at radius 3 is 2.76 bits per heavy atom. The van der Waals surface area contributed by atoms with E-state index in [1.54, 1.807) is 27.7 Å². The van der Waals surface area contributed by atoms with Gasteiger partial charge in [-0.1, -0.05) is 12.1 Å². The second kappa shape index (κ2) is 9.54. The number of benzene rings is 1. The van der Waals surface area contributed by atoms with Crippen LogP contribution >= 0.6 is 0 Å². The van der Waals surface area contributed by atoms with Crippen LogP contribution < -0.4 is 16.5 Å². The summed E-state index contributed by atoms with van der Waals surface area (Å²) in [5, 5.41) is 18.3. The molecular weight excluding hydrogens is 429 g/mol. The number of nitrogens with two attached hydrogens (primary N) is 1. The lowest BCUT2D eigenvalue weighted by Gasteiger charge is -2.42. The van der Waals surface area contributed by atoms with Crippen LogP contribution in [0.1, 0.15) is 25.7 Å². The fraction of sp³-hybridized carbons (Fsp3) is 0.458. The number of rotatable bonds is 5. The van der Waals surface area contributed by atoms with Crippen molar-refractivity contribution in [2.75, 3.05) is 38.0 Å². The van der Waals surface area contributed by atoms with Crippen LogP contribution in [-0.4, -0.2) is 82.1 Å². The zero-order valence-corrected chi connectivity index (χ0v) is 19.2. The third kappa shape index (κ3) is 4.55. The van der Waals surface area contributed by atoms with E-state index in [2.05, 4.69) is 20.3 Å². The van der Waals surface area contributed by atoms with Crippen molar-refractivity contribution in [1.29, 1.82) is 0 Å². The van der Waals surface area contributed by atoms with Gasteiger partial charge in [-0.05, 0) is 55.7 Å². The van der Waals surface area contributed by atoms with Crippen molar-refractivity contribution in [2.45, 2.75) is 31.7 Å². The maximum Gasteiger partial charge on any atom is 0.314 e. The lowest BCUT2D eigenvalue weighted by Crippen LogP contribution is -2.51. The van der Waals surface area contributed by atoms with E-state index in [4.69, 9.17) is 13.6 Å². The monoisotopic (exact) mass is 459 g/mol. The lowest BCUT2D eigenvalue weighted by atomic mass is 9.94. The Balaban J connectivity index is 1.29. The van der Waals surface area contributed by atoms with Gasteiger partial charge in [0.2, 0.25) is 0 Å². The number of amides is 2.